The minimum absolute atomic E-state index is 0.104. The van der Waals surface area contributed by atoms with Crippen LogP contribution in [0.2, 0.25) is 0 Å². The topological polar surface area (TPSA) is 78.5 Å². The molecule has 3 aromatic rings. The van der Waals surface area contributed by atoms with Crippen LogP contribution in [0.1, 0.15) is 27.0 Å². The molecule has 0 bridgehead atoms. The number of carbonyl (C=O) groups is 1. The van der Waals surface area contributed by atoms with Gasteiger partial charge in [-0.2, -0.15) is 11.8 Å². The predicted octanol–water partition coefficient (Wildman–Crippen LogP) is 4.27. The highest BCUT2D eigenvalue weighted by Gasteiger charge is 2.19. The summed E-state index contributed by atoms with van der Waals surface area (Å²) in [5.74, 6) is 1.95. The molecule has 1 amide bonds. The van der Waals surface area contributed by atoms with E-state index in [9.17, 15) is 13.2 Å². The second kappa shape index (κ2) is 11.2. The van der Waals surface area contributed by atoms with E-state index < -0.39 is 10.0 Å². The van der Waals surface area contributed by atoms with Crippen molar-refractivity contribution in [2.75, 3.05) is 29.9 Å². The summed E-state index contributed by atoms with van der Waals surface area (Å²) in [6.45, 7) is 4.90. The van der Waals surface area contributed by atoms with Crippen LogP contribution in [0.3, 0.4) is 0 Å². The maximum Gasteiger partial charge on any atom is 0.255 e. The first-order chi connectivity index (χ1) is 16.4. The molecule has 2 N–H and O–H groups in total. The summed E-state index contributed by atoms with van der Waals surface area (Å²) < 4.78 is 28.5. The normalized spacial score (nSPS) is 14.6. The van der Waals surface area contributed by atoms with Crippen molar-refractivity contribution < 1.29 is 13.2 Å². The van der Waals surface area contributed by atoms with E-state index in [1.807, 2.05) is 60.3 Å². The molecule has 1 aliphatic heterocycles. The van der Waals surface area contributed by atoms with E-state index in [-0.39, 0.29) is 17.3 Å². The molecule has 3 aromatic carbocycles. The van der Waals surface area contributed by atoms with Gasteiger partial charge in [-0.05, 0) is 47.9 Å². The third kappa shape index (κ3) is 6.48. The number of sulfonamides is 1. The minimum atomic E-state index is -3.78. The van der Waals surface area contributed by atoms with Gasteiger partial charge in [-0.25, -0.2) is 13.1 Å². The van der Waals surface area contributed by atoms with Crippen molar-refractivity contribution in [3.63, 3.8) is 0 Å². The Kier molecular flexibility index (Phi) is 8.05. The number of nitrogens with one attached hydrogen (secondary N) is 2. The molecule has 0 aromatic heterocycles. The Morgan fingerprint density at radius 1 is 0.941 bits per heavy atom. The van der Waals surface area contributed by atoms with Crippen LogP contribution < -0.4 is 10.0 Å². The molecule has 6 nitrogen and oxygen atoms in total. The molecule has 0 radical (unpaired) electrons. The van der Waals surface area contributed by atoms with Gasteiger partial charge in [0.2, 0.25) is 10.0 Å². The van der Waals surface area contributed by atoms with Gasteiger partial charge in [0.05, 0.1) is 4.90 Å². The molecule has 0 unspecified atom stereocenters. The first kappa shape index (κ1) is 24.5. The van der Waals surface area contributed by atoms with Crippen molar-refractivity contribution in [2.24, 2.45) is 0 Å². The largest absolute Gasteiger partial charge is 0.322 e. The Morgan fingerprint density at radius 2 is 1.68 bits per heavy atom. The molecule has 0 atom stereocenters. The van der Waals surface area contributed by atoms with Crippen molar-refractivity contribution in [1.29, 1.82) is 0 Å². The average Bonchev–Trinajstić information content (AvgIpc) is 2.84. The van der Waals surface area contributed by atoms with E-state index in [0.717, 1.165) is 42.3 Å². The molecule has 34 heavy (non-hydrogen) atoms. The van der Waals surface area contributed by atoms with E-state index in [4.69, 9.17) is 0 Å². The van der Waals surface area contributed by atoms with Gasteiger partial charge in [0.15, 0.2) is 0 Å². The van der Waals surface area contributed by atoms with Gasteiger partial charge in [-0.15, -0.1) is 0 Å². The van der Waals surface area contributed by atoms with Crippen LogP contribution in [0.5, 0.6) is 0 Å². The Hall–Kier alpha value is -2.65. The van der Waals surface area contributed by atoms with Gasteiger partial charge in [0.25, 0.3) is 5.91 Å². The monoisotopic (exact) mass is 495 g/mol. The van der Waals surface area contributed by atoms with Crippen LogP contribution in [0.4, 0.5) is 5.69 Å². The van der Waals surface area contributed by atoms with Crippen molar-refractivity contribution in [3.05, 3.63) is 95.1 Å². The molecule has 8 heteroatoms. The van der Waals surface area contributed by atoms with Crippen molar-refractivity contribution >= 4 is 33.4 Å². The number of carbonyl (C=O) groups excluding carboxylic acids is 1. The summed E-state index contributed by atoms with van der Waals surface area (Å²) in [5.41, 5.74) is 3.58. The smallest absolute Gasteiger partial charge is 0.255 e. The van der Waals surface area contributed by atoms with Gasteiger partial charge in [-0.1, -0.05) is 48.5 Å². The number of rotatable bonds is 8. The quantitative estimate of drug-likeness (QED) is 0.488. The summed E-state index contributed by atoms with van der Waals surface area (Å²) in [4.78, 5) is 15.5. The van der Waals surface area contributed by atoms with Crippen molar-refractivity contribution in [3.8, 4) is 0 Å². The summed E-state index contributed by atoms with van der Waals surface area (Å²) >= 11 is 1.98. The molecule has 0 aliphatic carbocycles. The van der Waals surface area contributed by atoms with Crippen molar-refractivity contribution in [2.45, 2.75) is 24.9 Å². The zero-order chi connectivity index (χ0) is 24.0. The van der Waals surface area contributed by atoms with Crippen LogP contribution in [0.15, 0.2) is 77.7 Å². The number of thioether (sulfide) groups is 1. The van der Waals surface area contributed by atoms with E-state index in [1.54, 1.807) is 19.1 Å². The van der Waals surface area contributed by atoms with Crippen LogP contribution in [-0.4, -0.2) is 43.8 Å². The maximum atomic E-state index is 12.9. The van der Waals surface area contributed by atoms with Crippen LogP contribution in [-0.2, 0) is 23.1 Å². The lowest BCUT2D eigenvalue weighted by atomic mass is 10.1. The van der Waals surface area contributed by atoms with E-state index >= 15 is 0 Å². The minimum Gasteiger partial charge on any atom is -0.322 e. The number of hydrogen-bond acceptors (Lipinski definition) is 5. The molecule has 1 fully saturated rings. The fraction of sp³-hybridized carbons (Fsp3) is 0.269. The fourth-order valence-electron chi connectivity index (χ4n) is 3.85. The molecular formula is C26H29N3O3S2. The van der Waals surface area contributed by atoms with E-state index in [2.05, 4.69) is 21.0 Å². The molecule has 1 aliphatic rings. The molecule has 1 saturated heterocycles. The number of hydrogen-bond donors (Lipinski definition) is 2. The fourth-order valence-corrected chi connectivity index (χ4v) is 6.12. The van der Waals surface area contributed by atoms with Gasteiger partial charge in [0.1, 0.15) is 0 Å². The summed E-state index contributed by atoms with van der Waals surface area (Å²) in [6, 6.07) is 21.9. The first-order valence-corrected chi connectivity index (χ1v) is 13.9. The molecular weight excluding hydrogens is 466 g/mol. The summed E-state index contributed by atoms with van der Waals surface area (Å²) in [6.07, 6.45) is 0. The Labute approximate surface area is 205 Å². The maximum absolute atomic E-state index is 12.9. The lowest BCUT2D eigenvalue weighted by molar-refractivity contribution is 0.102. The molecule has 0 saturated carbocycles. The SMILES string of the molecule is Cc1ccc(C(=O)Nc2cccc(CN3CCSCC3)c2)cc1S(=O)(=O)NCc1ccccc1. The number of amides is 1. The lowest BCUT2D eigenvalue weighted by Gasteiger charge is -2.26. The zero-order valence-electron chi connectivity index (χ0n) is 19.2. The molecule has 0 spiro atoms. The second-order valence-electron chi connectivity index (χ2n) is 8.33. The van der Waals surface area contributed by atoms with Crippen LogP contribution in [0.25, 0.3) is 0 Å². The van der Waals surface area contributed by atoms with E-state index in [0.29, 0.717) is 16.8 Å². The first-order valence-electron chi connectivity index (χ1n) is 11.3. The van der Waals surface area contributed by atoms with Gasteiger partial charge in [0, 0.05) is 48.9 Å². The number of benzene rings is 3. The lowest BCUT2D eigenvalue weighted by Crippen LogP contribution is -2.31. The van der Waals surface area contributed by atoms with Crippen molar-refractivity contribution in [1.82, 2.24) is 9.62 Å². The number of aryl methyl sites for hydroxylation is 1. The van der Waals surface area contributed by atoms with Crippen LogP contribution >= 0.6 is 11.8 Å². The van der Waals surface area contributed by atoms with Crippen LogP contribution in [0, 0.1) is 6.92 Å². The third-order valence-electron chi connectivity index (χ3n) is 5.74. The third-order valence-corrected chi connectivity index (χ3v) is 8.23. The Morgan fingerprint density at radius 3 is 2.44 bits per heavy atom. The summed E-state index contributed by atoms with van der Waals surface area (Å²) in [5, 5.41) is 2.92. The standard InChI is InChI=1S/C26H29N3O3S2/c1-20-10-11-23(17-25(20)34(31,32)27-18-21-6-3-2-4-7-21)26(30)28-24-9-5-8-22(16-24)19-29-12-14-33-15-13-29/h2-11,16-17,27H,12-15,18-19H2,1H3,(H,28,30). The Balaban J connectivity index is 1.45. The highest BCUT2D eigenvalue weighted by Crippen LogP contribution is 2.20. The number of nitrogens with zero attached hydrogens (tertiary/aromatic N) is 1. The second-order valence-corrected chi connectivity index (χ2v) is 11.3. The van der Waals surface area contributed by atoms with E-state index in [1.165, 1.54) is 6.07 Å². The van der Waals surface area contributed by atoms with Gasteiger partial charge in [-0.3, -0.25) is 9.69 Å². The summed E-state index contributed by atoms with van der Waals surface area (Å²) in [7, 11) is -3.78. The number of anilines is 1. The predicted molar refractivity (Wildman–Crippen MR) is 139 cm³/mol. The molecule has 178 valence electrons. The molecule has 1 heterocycles. The Bertz CT molecular complexity index is 1240. The average molecular weight is 496 g/mol. The van der Waals surface area contributed by atoms with Gasteiger partial charge >= 0.3 is 0 Å². The molecule has 4 rings (SSSR count). The zero-order valence-corrected chi connectivity index (χ0v) is 20.8. The van der Waals surface area contributed by atoms with Gasteiger partial charge < -0.3 is 5.32 Å². The highest BCUT2D eigenvalue weighted by atomic mass is 32.2. The highest BCUT2D eigenvalue weighted by molar-refractivity contribution is 7.99.